The summed E-state index contributed by atoms with van der Waals surface area (Å²) in [6.07, 6.45) is -2.93. The summed E-state index contributed by atoms with van der Waals surface area (Å²) in [7, 11) is 0. The largest absolute Gasteiger partial charge is 0.417 e. The Balaban J connectivity index is 1.70. The molecule has 2 N–H and O–H groups in total. The number of halogens is 3. The van der Waals surface area contributed by atoms with E-state index in [1.54, 1.807) is 24.4 Å². The quantitative estimate of drug-likeness (QED) is 0.446. The number of H-pyrrole nitrogens is 1. The van der Waals surface area contributed by atoms with Crippen molar-refractivity contribution in [1.82, 2.24) is 25.1 Å². The lowest BCUT2D eigenvalue weighted by Crippen LogP contribution is -2.08. The Bertz CT molecular complexity index is 1380. The van der Waals surface area contributed by atoms with Crippen molar-refractivity contribution >= 4 is 33.6 Å². The van der Waals surface area contributed by atoms with Crippen LogP contribution in [0.15, 0.2) is 54.7 Å². The minimum Gasteiger partial charge on any atom is -0.324 e. The molecule has 30 heavy (non-hydrogen) atoms. The Morgan fingerprint density at radius 1 is 0.967 bits per heavy atom. The second-order valence-electron chi connectivity index (χ2n) is 6.40. The third-order valence-corrected chi connectivity index (χ3v) is 4.52. The molecule has 3 aromatic heterocycles. The molecule has 0 fully saturated rings. The van der Waals surface area contributed by atoms with E-state index < -0.39 is 11.7 Å². The number of benzene rings is 1. The fourth-order valence-corrected chi connectivity index (χ4v) is 3.16. The molecule has 0 radical (unpaired) electrons. The van der Waals surface area contributed by atoms with Gasteiger partial charge >= 0.3 is 6.18 Å². The van der Waals surface area contributed by atoms with E-state index in [0.717, 1.165) is 6.07 Å². The predicted octanol–water partition coefficient (Wildman–Crippen LogP) is 4.93. The average Bonchev–Trinajstić information content (AvgIpc) is 3.16. The molecule has 3 heterocycles. The Morgan fingerprint density at radius 3 is 2.70 bits per heavy atom. The summed E-state index contributed by atoms with van der Waals surface area (Å²) in [5.74, 6) is 0.753. The van der Waals surface area contributed by atoms with E-state index in [9.17, 15) is 13.2 Å². The van der Waals surface area contributed by atoms with E-state index in [2.05, 4.69) is 42.6 Å². The summed E-state index contributed by atoms with van der Waals surface area (Å²) in [5.41, 5.74) is -0.0976. The maximum absolute atomic E-state index is 13.5. The summed E-state index contributed by atoms with van der Waals surface area (Å²) in [6.45, 7) is 0. The molecule has 0 saturated heterocycles. The van der Waals surface area contributed by atoms with Gasteiger partial charge in [0.25, 0.3) is 0 Å². The molecule has 6 nitrogen and oxygen atoms in total. The number of aromatic nitrogens is 5. The molecule has 0 aliphatic rings. The molecule has 0 spiro atoms. The molecule has 0 unspecified atom stereocenters. The number of alkyl halides is 3. The Labute approximate surface area is 167 Å². The van der Waals surface area contributed by atoms with Crippen LogP contribution in [0.25, 0.3) is 33.3 Å². The minimum atomic E-state index is -4.54. The first-order valence-electron chi connectivity index (χ1n) is 8.83. The highest BCUT2D eigenvalue weighted by Gasteiger charge is 2.34. The highest BCUT2D eigenvalue weighted by molar-refractivity contribution is 5.95. The van der Waals surface area contributed by atoms with Crippen LogP contribution in [-0.4, -0.2) is 25.1 Å². The van der Waals surface area contributed by atoms with E-state index >= 15 is 0 Å². The zero-order valence-electron chi connectivity index (χ0n) is 15.1. The van der Waals surface area contributed by atoms with Crippen molar-refractivity contribution in [2.45, 2.75) is 6.18 Å². The molecule has 2 aromatic carbocycles. The van der Waals surface area contributed by atoms with Crippen LogP contribution in [0.3, 0.4) is 0 Å². The summed E-state index contributed by atoms with van der Waals surface area (Å²) < 4.78 is 40.6. The van der Waals surface area contributed by atoms with Gasteiger partial charge in [-0.3, -0.25) is 5.10 Å². The number of hydrogen-bond donors (Lipinski definition) is 2. The van der Waals surface area contributed by atoms with Crippen molar-refractivity contribution in [2.24, 2.45) is 0 Å². The van der Waals surface area contributed by atoms with E-state index in [-0.39, 0.29) is 11.4 Å². The van der Waals surface area contributed by atoms with Crippen LogP contribution >= 0.6 is 0 Å². The molecule has 9 heteroatoms. The van der Waals surface area contributed by atoms with Crippen LogP contribution in [0, 0.1) is 12.1 Å². The predicted molar refractivity (Wildman–Crippen MR) is 105 cm³/mol. The van der Waals surface area contributed by atoms with Gasteiger partial charge in [0.05, 0.1) is 16.3 Å². The molecular weight excluding hydrogens is 393 g/mol. The number of rotatable bonds is 3. The molecule has 5 aromatic rings. The maximum Gasteiger partial charge on any atom is 0.417 e. The van der Waals surface area contributed by atoms with E-state index in [1.165, 1.54) is 18.2 Å². The first kappa shape index (κ1) is 17.9. The van der Waals surface area contributed by atoms with Gasteiger partial charge in [0.1, 0.15) is 17.2 Å². The third-order valence-electron chi connectivity index (χ3n) is 4.52. The van der Waals surface area contributed by atoms with Crippen molar-refractivity contribution < 1.29 is 13.2 Å². The average molecular weight is 404 g/mol. The molecular formula is C21H11F3N6. The molecule has 0 aliphatic heterocycles. The van der Waals surface area contributed by atoms with Gasteiger partial charge in [-0.25, -0.2) is 15.0 Å². The molecule has 0 bridgehead atoms. The number of nitrogens with one attached hydrogen (secondary N) is 2. The highest BCUT2D eigenvalue weighted by atomic mass is 19.4. The van der Waals surface area contributed by atoms with Crippen molar-refractivity contribution in [3.05, 3.63) is 72.4 Å². The second kappa shape index (κ2) is 6.70. The summed E-state index contributed by atoms with van der Waals surface area (Å²) in [5, 5.41) is 11.4. The Hall–Kier alpha value is -4.19. The first-order chi connectivity index (χ1) is 14.5. The lowest BCUT2D eigenvalue weighted by atomic mass is 10.1. The summed E-state index contributed by atoms with van der Waals surface area (Å²) >= 11 is 0. The van der Waals surface area contributed by atoms with E-state index in [4.69, 9.17) is 0 Å². The fourth-order valence-electron chi connectivity index (χ4n) is 3.16. The van der Waals surface area contributed by atoms with Gasteiger partial charge in [-0.05, 0) is 36.4 Å². The van der Waals surface area contributed by atoms with E-state index in [0.29, 0.717) is 33.6 Å². The number of fused-ring (bicyclic) bond motifs is 2. The van der Waals surface area contributed by atoms with Crippen molar-refractivity contribution in [1.29, 1.82) is 0 Å². The number of pyridine rings is 1. The number of hydrogen-bond acceptors (Lipinski definition) is 5. The number of nitrogens with zero attached hydrogens (tertiary/aromatic N) is 4. The summed E-state index contributed by atoms with van der Waals surface area (Å²) in [6, 6.07) is 17.7. The third kappa shape index (κ3) is 3.04. The van der Waals surface area contributed by atoms with Crippen LogP contribution in [-0.2, 0) is 6.18 Å². The van der Waals surface area contributed by atoms with Crippen LogP contribution < -0.4 is 5.32 Å². The van der Waals surface area contributed by atoms with Gasteiger partial charge in [0, 0.05) is 11.8 Å². The maximum atomic E-state index is 13.5. The van der Waals surface area contributed by atoms with Crippen LogP contribution in [0.1, 0.15) is 5.56 Å². The van der Waals surface area contributed by atoms with Crippen LogP contribution in [0.5, 0.6) is 0 Å². The lowest BCUT2D eigenvalue weighted by Gasteiger charge is -2.13. The lowest BCUT2D eigenvalue weighted by molar-refractivity contribution is -0.137. The standard InChI is InChI=1S/C21H11F3N6/c22-21(23,24)15-9-3-1-6-12(15)18-26-16-10-4-2-7-13(16)19(27-18)28-20-14-8-5-11-25-17(14)29-30-20/h1-3,5-9,11H,(H2,25,26,27,28,29,30). The Morgan fingerprint density at radius 2 is 1.83 bits per heavy atom. The van der Waals surface area contributed by atoms with Gasteiger partial charge in [0.2, 0.25) is 0 Å². The normalized spacial score (nSPS) is 11.6. The molecule has 146 valence electrons. The monoisotopic (exact) mass is 404 g/mol. The Kier molecular flexibility index (Phi) is 3.99. The van der Waals surface area contributed by atoms with Gasteiger partial charge in [-0.1, -0.05) is 24.3 Å². The topological polar surface area (TPSA) is 79.4 Å². The molecule has 0 amide bonds. The first-order valence-corrected chi connectivity index (χ1v) is 8.83. The zero-order valence-corrected chi connectivity index (χ0v) is 15.1. The van der Waals surface area contributed by atoms with Crippen molar-refractivity contribution in [2.75, 3.05) is 5.32 Å². The van der Waals surface area contributed by atoms with Gasteiger partial charge in [0.15, 0.2) is 11.5 Å². The number of aromatic amines is 1. The highest BCUT2D eigenvalue weighted by Crippen LogP contribution is 2.37. The smallest absolute Gasteiger partial charge is 0.324 e. The van der Waals surface area contributed by atoms with Gasteiger partial charge in [-0.2, -0.15) is 18.3 Å². The second-order valence-corrected chi connectivity index (χ2v) is 6.40. The van der Waals surface area contributed by atoms with Crippen LogP contribution in [0.4, 0.5) is 24.8 Å². The minimum absolute atomic E-state index is 0.0734. The molecule has 0 aliphatic carbocycles. The van der Waals surface area contributed by atoms with E-state index in [1.807, 2.05) is 6.07 Å². The van der Waals surface area contributed by atoms with Gasteiger partial charge in [-0.15, -0.1) is 0 Å². The fraction of sp³-hybridized carbons (Fsp3) is 0.0476. The summed E-state index contributed by atoms with van der Waals surface area (Å²) in [4.78, 5) is 12.9. The molecule has 0 atom stereocenters. The zero-order chi connectivity index (χ0) is 20.7. The van der Waals surface area contributed by atoms with Gasteiger partial charge < -0.3 is 5.32 Å². The molecule has 0 saturated carbocycles. The molecule has 5 rings (SSSR count). The SMILES string of the molecule is FC(F)(F)c1ccccc1-c1nc(Nc2[nH]nc3ncccc23)c2ccc#cc2n1. The van der Waals surface area contributed by atoms with Crippen molar-refractivity contribution in [3.8, 4) is 11.4 Å². The number of anilines is 2. The van der Waals surface area contributed by atoms with Crippen molar-refractivity contribution in [3.63, 3.8) is 0 Å². The van der Waals surface area contributed by atoms with Crippen LogP contribution in [0.2, 0.25) is 0 Å².